The van der Waals surface area contributed by atoms with E-state index in [-0.39, 0.29) is 10.9 Å². The molecule has 0 spiro atoms. The summed E-state index contributed by atoms with van der Waals surface area (Å²) in [5.74, 6) is 0.852. The Morgan fingerprint density at radius 3 is 2.68 bits per heavy atom. The number of anilines is 1. The SMILES string of the molecule is COc1ccc2cc(C(=O)N3CCCN(c4ncc(C(F)(F)F)cc4Cl)CC3)[nH]c2c1. The van der Waals surface area contributed by atoms with Crippen LogP contribution in [0.3, 0.4) is 0 Å². The lowest BCUT2D eigenvalue weighted by Crippen LogP contribution is -2.35. The van der Waals surface area contributed by atoms with Crippen LogP contribution in [-0.4, -0.2) is 54.1 Å². The first-order valence-electron chi connectivity index (χ1n) is 9.70. The third-order valence-corrected chi connectivity index (χ3v) is 5.57. The number of rotatable bonds is 3. The highest BCUT2D eigenvalue weighted by Crippen LogP contribution is 2.33. The van der Waals surface area contributed by atoms with Crippen molar-refractivity contribution < 1.29 is 22.7 Å². The Balaban J connectivity index is 1.48. The predicted octanol–water partition coefficient (Wildman–Crippen LogP) is 4.60. The molecule has 2 aromatic heterocycles. The molecule has 4 rings (SSSR count). The first kappa shape index (κ1) is 21.3. The number of halogens is 4. The van der Waals surface area contributed by atoms with Crippen molar-refractivity contribution in [3.05, 3.63) is 52.8 Å². The van der Waals surface area contributed by atoms with Gasteiger partial charge in [-0.15, -0.1) is 0 Å². The fraction of sp³-hybridized carbons (Fsp3) is 0.333. The minimum Gasteiger partial charge on any atom is -0.497 e. The smallest absolute Gasteiger partial charge is 0.417 e. The minimum absolute atomic E-state index is 0.0563. The second kappa shape index (κ2) is 8.30. The van der Waals surface area contributed by atoms with E-state index in [1.165, 1.54) is 0 Å². The van der Waals surface area contributed by atoms with Crippen LogP contribution in [0.15, 0.2) is 36.5 Å². The summed E-state index contributed by atoms with van der Waals surface area (Å²) in [6.07, 6.45) is -3.08. The first-order valence-corrected chi connectivity index (χ1v) is 10.1. The van der Waals surface area contributed by atoms with Crippen LogP contribution in [0.25, 0.3) is 10.9 Å². The molecule has 0 bridgehead atoms. The Morgan fingerprint density at radius 1 is 1.16 bits per heavy atom. The largest absolute Gasteiger partial charge is 0.497 e. The molecule has 1 saturated heterocycles. The number of hydrogen-bond donors (Lipinski definition) is 1. The molecular weight excluding hydrogens is 433 g/mol. The third kappa shape index (κ3) is 4.41. The van der Waals surface area contributed by atoms with Gasteiger partial charge in [-0.1, -0.05) is 11.6 Å². The third-order valence-electron chi connectivity index (χ3n) is 5.29. The van der Waals surface area contributed by atoms with Crippen LogP contribution < -0.4 is 9.64 Å². The molecule has 1 fully saturated rings. The van der Waals surface area contributed by atoms with Gasteiger partial charge in [-0.2, -0.15) is 13.2 Å². The Bertz CT molecular complexity index is 1120. The number of methoxy groups -OCH3 is 1. The van der Waals surface area contributed by atoms with E-state index in [0.29, 0.717) is 49.9 Å². The second-order valence-electron chi connectivity index (χ2n) is 7.30. The molecule has 1 aromatic carbocycles. The Morgan fingerprint density at radius 2 is 1.97 bits per heavy atom. The second-order valence-corrected chi connectivity index (χ2v) is 7.70. The number of carbonyl (C=O) groups excluding carboxylic acids is 1. The van der Waals surface area contributed by atoms with Crippen LogP contribution >= 0.6 is 11.6 Å². The van der Waals surface area contributed by atoms with E-state index in [2.05, 4.69) is 9.97 Å². The summed E-state index contributed by atoms with van der Waals surface area (Å²) in [5, 5.41) is 0.848. The van der Waals surface area contributed by atoms with Crippen molar-refractivity contribution in [3.8, 4) is 5.75 Å². The lowest BCUT2D eigenvalue weighted by molar-refractivity contribution is -0.137. The average molecular weight is 453 g/mol. The van der Waals surface area contributed by atoms with Gasteiger partial charge in [0.2, 0.25) is 0 Å². The fourth-order valence-corrected chi connectivity index (χ4v) is 3.96. The van der Waals surface area contributed by atoms with Gasteiger partial charge in [-0.3, -0.25) is 4.79 Å². The van der Waals surface area contributed by atoms with Crippen LogP contribution in [0.1, 0.15) is 22.5 Å². The van der Waals surface area contributed by atoms with Crippen molar-refractivity contribution in [3.63, 3.8) is 0 Å². The maximum Gasteiger partial charge on any atom is 0.417 e. The predicted molar refractivity (Wildman–Crippen MR) is 112 cm³/mol. The number of hydrogen-bond acceptors (Lipinski definition) is 4. The standard InChI is InChI=1S/C21H20ClF3N4O2/c1-31-15-4-3-13-9-18(27-17(13)11-15)20(30)29-6-2-5-28(7-8-29)19-16(22)10-14(12-26-19)21(23,24)25/h3-4,9-12,27H,2,5-8H2,1H3. The van der Waals surface area contributed by atoms with Gasteiger partial charge in [0, 0.05) is 49.3 Å². The summed E-state index contributed by atoms with van der Waals surface area (Å²) in [4.78, 5) is 23.6. The zero-order valence-corrected chi connectivity index (χ0v) is 17.4. The van der Waals surface area contributed by atoms with E-state index >= 15 is 0 Å². The summed E-state index contributed by atoms with van der Waals surface area (Å²) in [5.41, 5.74) is 0.394. The van der Waals surface area contributed by atoms with Gasteiger partial charge in [-0.05, 0) is 30.7 Å². The number of carbonyl (C=O) groups is 1. The summed E-state index contributed by atoms with van der Waals surface area (Å²) in [7, 11) is 1.58. The quantitative estimate of drug-likeness (QED) is 0.631. The highest BCUT2D eigenvalue weighted by molar-refractivity contribution is 6.33. The lowest BCUT2D eigenvalue weighted by Gasteiger charge is -2.23. The fourth-order valence-electron chi connectivity index (χ4n) is 3.67. The van der Waals surface area contributed by atoms with Crippen molar-refractivity contribution in [2.75, 3.05) is 38.2 Å². The summed E-state index contributed by atoms with van der Waals surface area (Å²) in [6.45, 7) is 1.87. The minimum atomic E-state index is -4.50. The normalized spacial score (nSPS) is 15.3. The molecule has 10 heteroatoms. The zero-order valence-electron chi connectivity index (χ0n) is 16.7. The van der Waals surface area contributed by atoms with E-state index in [1.54, 1.807) is 18.1 Å². The molecular formula is C21H20ClF3N4O2. The van der Waals surface area contributed by atoms with Crippen LogP contribution in [-0.2, 0) is 6.18 Å². The molecule has 6 nitrogen and oxygen atoms in total. The number of aromatic nitrogens is 2. The molecule has 3 aromatic rings. The van der Waals surface area contributed by atoms with Crippen LogP contribution in [0.5, 0.6) is 5.75 Å². The maximum atomic E-state index is 13.0. The molecule has 0 aliphatic carbocycles. The number of H-pyrrole nitrogens is 1. The number of aromatic amines is 1. The van der Waals surface area contributed by atoms with Gasteiger partial charge in [0.1, 0.15) is 17.3 Å². The number of benzene rings is 1. The van der Waals surface area contributed by atoms with Crippen molar-refractivity contribution in [1.29, 1.82) is 0 Å². The zero-order chi connectivity index (χ0) is 22.2. The van der Waals surface area contributed by atoms with Gasteiger partial charge in [0.25, 0.3) is 5.91 Å². The molecule has 0 atom stereocenters. The van der Waals surface area contributed by atoms with Crippen molar-refractivity contribution >= 4 is 34.2 Å². The van der Waals surface area contributed by atoms with Gasteiger partial charge >= 0.3 is 6.18 Å². The summed E-state index contributed by atoms with van der Waals surface area (Å²) < 4.78 is 43.8. The van der Waals surface area contributed by atoms with E-state index in [0.717, 1.165) is 23.2 Å². The van der Waals surface area contributed by atoms with E-state index in [4.69, 9.17) is 16.3 Å². The molecule has 0 saturated carbocycles. The number of pyridine rings is 1. The van der Waals surface area contributed by atoms with Gasteiger partial charge < -0.3 is 19.5 Å². The first-order chi connectivity index (χ1) is 14.8. The molecule has 1 aliphatic rings. The maximum absolute atomic E-state index is 13.0. The summed E-state index contributed by atoms with van der Waals surface area (Å²) >= 11 is 6.09. The monoisotopic (exact) mass is 452 g/mol. The van der Waals surface area contributed by atoms with Gasteiger partial charge in [-0.25, -0.2) is 4.98 Å². The van der Waals surface area contributed by atoms with Crippen molar-refractivity contribution in [2.45, 2.75) is 12.6 Å². The lowest BCUT2D eigenvalue weighted by atomic mass is 10.2. The number of nitrogens with zero attached hydrogens (tertiary/aromatic N) is 3. The molecule has 164 valence electrons. The number of nitrogens with one attached hydrogen (secondary N) is 1. The molecule has 0 radical (unpaired) electrons. The molecule has 31 heavy (non-hydrogen) atoms. The number of amides is 1. The Hall–Kier alpha value is -2.94. The molecule has 0 unspecified atom stereocenters. The van der Waals surface area contributed by atoms with Gasteiger partial charge in [0.15, 0.2) is 0 Å². The van der Waals surface area contributed by atoms with Crippen LogP contribution in [0.4, 0.5) is 19.0 Å². The van der Waals surface area contributed by atoms with E-state index in [9.17, 15) is 18.0 Å². The molecule has 3 heterocycles. The Kier molecular flexibility index (Phi) is 5.70. The molecule has 1 N–H and O–H groups in total. The van der Waals surface area contributed by atoms with E-state index < -0.39 is 11.7 Å². The van der Waals surface area contributed by atoms with Gasteiger partial charge in [0.05, 0.1) is 17.7 Å². The molecule has 1 aliphatic heterocycles. The van der Waals surface area contributed by atoms with E-state index in [1.807, 2.05) is 23.1 Å². The Labute approximate surface area is 181 Å². The highest BCUT2D eigenvalue weighted by atomic mass is 35.5. The number of ether oxygens (including phenoxy) is 1. The topological polar surface area (TPSA) is 61.5 Å². The number of alkyl halides is 3. The average Bonchev–Trinajstić information content (AvgIpc) is 3.01. The van der Waals surface area contributed by atoms with Crippen LogP contribution in [0, 0.1) is 0 Å². The van der Waals surface area contributed by atoms with Crippen molar-refractivity contribution in [1.82, 2.24) is 14.9 Å². The number of fused-ring (bicyclic) bond motifs is 1. The van der Waals surface area contributed by atoms with Crippen LogP contribution in [0.2, 0.25) is 5.02 Å². The molecule has 1 amide bonds. The van der Waals surface area contributed by atoms with Crippen molar-refractivity contribution in [2.24, 2.45) is 0 Å². The summed E-state index contributed by atoms with van der Waals surface area (Å²) in [6, 6.07) is 8.22. The highest BCUT2D eigenvalue weighted by Gasteiger charge is 2.32.